The van der Waals surface area contributed by atoms with Gasteiger partial charge in [-0.05, 0) is 73.0 Å². The summed E-state index contributed by atoms with van der Waals surface area (Å²) in [4.78, 5) is 0. The Kier molecular flexibility index (Phi) is 39.0. The van der Waals surface area contributed by atoms with Crippen LogP contribution in [0.4, 0.5) is 0 Å². The molecule has 62 heavy (non-hydrogen) atoms. The van der Waals surface area contributed by atoms with Crippen molar-refractivity contribution in [3.8, 4) is 23.0 Å². The monoisotopic (exact) mass is 875 g/mol. The topological polar surface area (TPSA) is 58.9 Å². The molecule has 8 atom stereocenters. The van der Waals surface area contributed by atoms with Crippen LogP contribution in [0.5, 0.6) is 23.0 Å². The molecule has 1 aromatic carbocycles. The Bertz CT molecular complexity index is 1160. The van der Waals surface area contributed by atoms with Gasteiger partial charge in [0, 0.05) is 11.1 Å². The molecule has 370 valence electrons. The first-order chi connectivity index (χ1) is 29.0. The number of phenols is 2. The highest BCUT2D eigenvalue weighted by molar-refractivity contribution is 5.65. The van der Waals surface area contributed by atoms with Crippen LogP contribution in [0.25, 0.3) is 0 Å². The van der Waals surface area contributed by atoms with E-state index in [2.05, 4.69) is 83.1 Å². The minimum atomic E-state index is 0. The Labute approximate surface area is 390 Å². The highest BCUT2D eigenvalue weighted by Gasteiger charge is 2.23. The van der Waals surface area contributed by atoms with Gasteiger partial charge in [0.25, 0.3) is 0 Å². The molecule has 0 bridgehead atoms. The molecule has 0 saturated heterocycles. The quantitative estimate of drug-likeness (QED) is 0.0654. The lowest BCUT2D eigenvalue weighted by atomic mass is 9.88. The normalized spacial score (nSPS) is 15.4. The van der Waals surface area contributed by atoms with Gasteiger partial charge < -0.3 is 19.7 Å². The van der Waals surface area contributed by atoms with Crippen LogP contribution >= 0.6 is 0 Å². The molecule has 4 nitrogen and oxygen atoms in total. The van der Waals surface area contributed by atoms with E-state index in [1.54, 1.807) is 0 Å². The predicted molar refractivity (Wildman–Crippen MR) is 278 cm³/mol. The summed E-state index contributed by atoms with van der Waals surface area (Å²) in [6.07, 6.45) is 36.4. The third kappa shape index (κ3) is 30.5. The van der Waals surface area contributed by atoms with Crippen LogP contribution in [0, 0.1) is 60.2 Å². The van der Waals surface area contributed by atoms with E-state index in [0.29, 0.717) is 11.5 Å². The maximum atomic E-state index is 10.8. The maximum absolute atomic E-state index is 10.8. The summed E-state index contributed by atoms with van der Waals surface area (Å²) in [5, 5.41) is 21.3. The van der Waals surface area contributed by atoms with Crippen LogP contribution in [0.3, 0.4) is 0 Å². The van der Waals surface area contributed by atoms with Gasteiger partial charge in [0.1, 0.15) is 0 Å². The Morgan fingerprint density at radius 2 is 0.613 bits per heavy atom. The molecule has 4 heteroatoms. The summed E-state index contributed by atoms with van der Waals surface area (Å²) in [5.74, 6) is 8.25. The van der Waals surface area contributed by atoms with Crippen molar-refractivity contribution in [1.29, 1.82) is 0 Å². The molecule has 0 radical (unpaired) electrons. The molecular weight excluding hydrogens is 761 g/mol. The zero-order chi connectivity index (χ0) is 46.2. The first kappa shape index (κ1) is 62.5. The lowest BCUT2D eigenvalue weighted by Crippen LogP contribution is -2.04. The summed E-state index contributed by atoms with van der Waals surface area (Å²) in [7, 11) is 2.97. The molecule has 0 aliphatic rings. The van der Waals surface area contributed by atoms with Crippen molar-refractivity contribution in [2.75, 3.05) is 14.2 Å². The molecule has 0 aliphatic carbocycles. The second-order valence-corrected chi connectivity index (χ2v) is 21.7. The van der Waals surface area contributed by atoms with Gasteiger partial charge >= 0.3 is 0 Å². The minimum absolute atomic E-state index is 0. The SMILES string of the molecule is C.CCCC(C)CCCC(C)C.CCCC(C)CCCC(C)CCCC(C)CCCC(C)CCCC(C)CCCC(C)CCCC(C)CCc1c(C)c(O)c(OC)c(OC)c1O. The molecule has 0 heterocycles. The number of ether oxygens (including phenoxy) is 2. The first-order valence-electron chi connectivity index (χ1n) is 26.7. The maximum Gasteiger partial charge on any atom is 0.207 e. The number of methoxy groups -OCH3 is 2. The number of phenolic OH excluding ortho intramolecular Hbond substituents is 2. The molecule has 8 unspecified atom stereocenters. The zero-order valence-corrected chi connectivity index (χ0v) is 44.0. The Hall–Kier alpha value is -1.58. The van der Waals surface area contributed by atoms with Crippen LogP contribution < -0.4 is 9.47 Å². The number of aromatic hydroxyl groups is 2. The second-order valence-electron chi connectivity index (χ2n) is 21.7. The third-order valence-corrected chi connectivity index (χ3v) is 14.4. The molecule has 0 amide bonds. The standard InChI is InChI=1S/C46H86O4.C11H24.CH4/c1-12-19-34(2)20-13-21-35(3)22-14-23-36(4)24-15-25-37(5)26-16-27-38(6)28-17-29-39(7)30-18-31-40(8)32-33-42-41(9)43(47)45(49-10)46(50-11)44(42)48;1-5-7-11(4)9-6-8-10(2)3;/h34-40,47-48H,12-33H2,1-11H3;10-11H,5-9H2,1-4H3;1H4. The average Bonchev–Trinajstić information content (AvgIpc) is 3.19. The van der Waals surface area contributed by atoms with Crippen LogP contribution in [0.1, 0.15) is 269 Å². The second kappa shape index (κ2) is 38.7. The van der Waals surface area contributed by atoms with Crippen molar-refractivity contribution < 1.29 is 19.7 Å². The largest absolute Gasteiger partial charge is 0.504 e. The van der Waals surface area contributed by atoms with Gasteiger partial charge in [0.2, 0.25) is 11.5 Å². The molecule has 1 aromatic rings. The Balaban J connectivity index is 0. The highest BCUT2D eigenvalue weighted by atomic mass is 16.5. The summed E-state index contributed by atoms with van der Waals surface area (Å²) in [5.41, 5.74) is 1.44. The number of hydrogen-bond donors (Lipinski definition) is 2. The molecule has 0 saturated carbocycles. The van der Waals surface area contributed by atoms with Crippen LogP contribution in [0.2, 0.25) is 0 Å². The summed E-state index contributed by atoms with van der Waals surface area (Å²) in [6.45, 7) is 30.5. The van der Waals surface area contributed by atoms with E-state index in [0.717, 1.165) is 65.7 Å². The van der Waals surface area contributed by atoms with E-state index in [4.69, 9.17) is 9.47 Å². The van der Waals surface area contributed by atoms with Gasteiger partial charge in [-0.25, -0.2) is 0 Å². The van der Waals surface area contributed by atoms with E-state index >= 15 is 0 Å². The number of rotatable bonds is 37. The minimum Gasteiger partial charge on any atom is -0.504 e. The summed E-state index contributed by atoms with van der Waals surface area (Å²) < 4.78 is 10.6. The van der Waals surface area contributed by atoms with Gasteiger partial charge in [-0.2, -0.15) is 0 Å². The molecule has 2 N–H and O–H groups in total. The fraction of sp³-hybridized carbons (Fsp3) is 0.897. The molecule has 0 fully saturated rings. The molecule has 0 aliphatic heterocycles. The van der Waals surface area contributed by atoms with E-state index < -0.39 is 0 Å². The van der Waals surface area contributed by atoms with Crippen LogP contribution in [0.15, 0.2) is 0 Å². The lowest BCUT2D eigenvalue weighted by Gasteiger charge is -2.19. The van der Waals surface area contributed by atoms with Crippen LogP contribution in [-0.4, -0.2) is 24.4 Å². The number of benzene rings is 1. The smallest absolute Gasteiger partial charge is 0.207 e. The Morgan fingerprint density at radius 3 is 0.871 bits per heavy atom. The molecule has 1 rings (SSSR count). The van der Waals surface area contributed by atoms with Gasteiger partial charge in [-0.3, -0.25) is 0 Å². The molecular formula is C58H114O4. The zero-order valence-electron chi connectivity index (χ0n) is 44.0. The van der Waals surface area contributed by atoms with Crippen molar-refractivity contribution >= 4 is 0 Å². The van der Waals surface area contributed by atoms with Gasteiger partial charge in [0.05, 0.1) is 14.2 Å². The van der Waals surface area contributed by atoms with Crippen molar-refractivity contribution in [3.63, 3.8) is 0 Å². The van der Waals surface area contributed by atoms with E-state index in [1.165, 1.54) is 175 Å². The average molecular weight is 876 g/mol. The van der Waals surface area contributed by atoms with Gasteiger partial charge in [0.15, 0.2) is 11.5 Å². The van der Waals surface area contributed by atoms with Gasteiger partial charge in [-0.1, -0.05) is 251 Å². The number of hydrogen-bond acceptors (Lipinski definition) is 4. The fourth-order valence-electron chi connectivity index (χ4n) is 9.82. The summed E-state index contributed by atoms with van der Waals surface area (Å²) >= 11 is 0. The fourth-order valence-corrected chi connectivity index (χ4v) is 9.82. The van der Waals surface area contributed by atoms with E-state index in [9.17, 15) is 10.2 Å². The molecule has 0 aromatic heterocycles. The highest BCUT2D eigenvalue weighted by Crippen LogP contribution is 2.48. The summed E-state index contributed by atoms with van der Waals surface area (Å²) in [6, 6.07) is 0. The Morgan fingerprint density at radius 1 is 0.371 bits per heavy atom. The first-order valence-corrected chi connectivity index (χ1v) is 26.7. The van der Waals surface area contributed by atoms with Crippen molar-refractivity contribution in [2.24, 2.45) is 53.3 Å². The van der Waals surface area contributed by atoms with E-state index in [1.807, 2.05) is 6.92 Å². The third-order valence-electron chi connectivity index (χ3n) is 14.4. The predicted octanol–water partition coefficient (Wildman–Crippen LogP) is 19.5. The lowest BCUT2D eigenvalue weighted by molar-refractivity contribution is 0.313. The van der Waals surface area contributed by atoms with Crippen molar-refractivity contribution in [1.82, 2.24) is 0 Å². The van der Waals surface area contributed by atoms with Gasteiger partial charge in [-0.15, -0.1) is 0 Å². The van der Waals surface area contributed by atoms with E-state index in [-0.39, 0.29) is 30.4 Å². The van der Waals surface area contributed by atoms with Crippen LogP contribution in [-0.2, 0) is 6.42 Å². The molecule has 0 spiro atoms. The van der Waals surface area contributed by atoms with Crippen molar-refractivity contribution in [2.45, 2.75) is 271 Å². The van der Waals surface area contributed by atoms with Crippen molar-refractivity contribution in [3.05, 3.63) is 11.1 Å².